The van der Waals surface area contributed by atoms with E-state index < -0.39 is 12.0 Å². The van der Waals surface area contributed by atoms with Crippen molar-refractivity contribution in [2.75, 3.05) is 13.1 Å². The van der Waals surface area contributed by atoms with E-state index in [9.17, 15) is 9.90 Å². The molecule has 0 rings (SSSR count). The smallest absolute Gasteiger partial charge is 0.320 e. The van der Waals surface area contributed by atoms with Gasteiger partial charge in [-0.1, -0.05) is 64.7 Å². The minimum atomic E-state index is -0.940. The first-order valence-corrected chi connectivity index (χ1v) is 8.38. The molecule has 5 heteroatoms. The molecule has 1 atom stereocenters. The predicted octanol–water partition coefficient (Wildman–Crippen LogP) is 3.71. The van der Waals surface area contributed by atoms with Gasteiger partial charge in [0.25, 0.3) is 0 Å². The van der Waals surface area contributed by atoms with Crippen molar-refractivity contribution in [3.8, 4) is 12.1 Å². The molecular weight excluding hydrogens is 278 g/mol. The summed E-state index contributed by atoms with van der Waals surface area (Å²) in [5, 5.41) is 26.7. The van der Waals surface area contributed by atoms with E-state index in [0.29, 0.717) is 6.42 Å². The van der Waals surface area contributed by atoms with Gasteiger partial charge in [-0.15, -0.1) is 0 Å². The Kier molecular flexibility index (Phi) is 13.3. The molecule has 1 N–H and O–H groups in total. The minimum Gasteiger partial charge on any atom is -0.480 e. The van der Waals surface area contributed by atoms with E-state index in [-0.39, 0.29) is 13.1 Å². The van der Waals surface area contributed by atoms with Crippen molar-refractivity contribution in [2.24, 2.45) is 0 Å². The zero-order valence-corrected chi connectivity index (χ0v) is 13.8. The van der Waals surface area contributed by atoms with Crippen LogP contribution >= 0.6 is 0 Å². The zero-order valence-electron chi connectivity index (χ0n) is 13.8. The topological polar surface area (TPSA) is 88.1 Å². The van der Waals surface area contributed by atoms with Crippen molar-refractivity contribution in [1.82, 2.24) is 4.90 Å². The molecule has 0 fully saturated rings. The van der Waals surface area contributed by atoms with Crippen LogP contribution in [0.25, 0.3) is 0 Å². The monoisotopic (exact) mass is 307 g/mol. The number of nitrogens with zero attached hydrogens (tertiary/aromatic N) is 3. The molecule has 0 amide bonds. The lowest BCUT2D eigenvalue weighted by Crippen LogP contribution is -2.41. The molecule has 1 unspecified atom stereocenters. The molecule has 22 heavy (non-hydrogen) atoms. The summed E-state index contributed by atoms with van der Waals surface area (Å²) in [6.45, 7) is 2.19. The highest BCUT2D eigenvalue weighted by Gasteiger charge is 2.24. The first-order chi connectivity index (χ1) is 10.7. The molecule has 0 saturated carbocycles. The van der Waals surface area contributed by atoms with E-state index in [0.717, 1.165) is 19.3 Å². The number of unbranched alkanes of at least 4 members (excludes halogenated alkanes) is 8. The van der Waals surface area contributed by atoms with Gasteiger partial charge in [0, 0.05) is 0 Å². The lowest BCUT2D eigenvalue weighted by atomic mass is 10.0. The molecule has 0 aliphatic carbocycles. The maximum absolute atomic E-state index is 11.3. The molecule has 0 aromatic rings. The SMILES string of the molecule is CCCCCCCCCCCC(C(=O)O)N(CC#N)CC#N. The Morgan fingerprint density at radius 3 is 1.82 bits per heavy atom. The zero-order chi connectivity index (χ0) is 16.6. The Balaban J connectivity index is 3.89. The fourth-order valence-electron chi connectivity index (χ4n) is 2.57. The number of hydrogen-bond acceptors (Lipinski definition) is 4. The van der Waals surface area contributed by atoms with Gasteiger partial charge in [0.05, 0.1) is 25.2 Å². The average molecular weight is 307 g/mol. The average Bonchev–Trinajstić information content (AvgIpc) is 2.49. The highest BCUT2D eigenvalue weighted by Crippen LogP contribution is 2.14. The van der Waals surface area contributed by atoms with Crippen LogP contribution in [-0.2, 0) is 4.79 Å². The molecule has 124 valence electrons. The molecular formula is C17H29N3O2. The first-order valence-electron chi connectivity index (χ1n) is 8.38. The Morgan fingerprint density at radius 1 is 0.955 bits per heavy atom. The quantitative estimate of drug-likeness (QED) is 0.390. The third kappa shape index (κ3) is 10.2. The van der Waals surface area contributed by atoms with Crippen molar-refractivity contribution in [3.63, 3.8) is 0 Å². The van der Waals surface area contributed by atoms with Crippen molar-refractivity contribution >= 4 is 5.97 Å². The van der Waals surface area contributed by atoms with Gasteiger partial charge in [-0.2, -0.15) is 10.5 Å². The summed E-state index contributed by atoms with van der Waals surface area (Å²) < 4.78 is 0. The van der Waals surface area contributed by atoms with Crippen molar-refractivity contribution in [1.29, 1.82) is 10.5 Å². The number of carbonyl (C=O) groups is 1. The van der Waals surface area contributed by atoms with Crippen LogP contribution < -0.4 is 0 Å². The van der Waals surface area contributed by atoms with Crippen LogP contribution in [0.2, 0.25) is 0 Å². The second kappa shape index (κ2) is 14.4. The Labute approximate surface area is 134 Å². The number of carboxylic acids is 1. The summed E-state index contributed by atoms with van der Waals surface area (Å²) in [7, 11) is 0. The molecule has 0 aromatic carbocycles. The van der Waals surface area contributed by atoms with Crippen LogP contribution in [0.1, 0.15) is 71.1 Å². The van der Waals surface area contributed by atoms with Gasteiger partial charge < -0.3 is 5.11 Å². The summed E-state index contributed by atoms with van der Waals surface area (Å²) in [5.41, 5.74) is 0. The van der Waals surface area contributed by atoms with Crippen LogP contribution in [0, 0.1) is 22.7 Å². The first kappa shape index (κ1) is 20.4. The van der Waals surface area contributed by atoms with E-state index in [1.807, 2.05) is 12.1 Å². The Hall–Kier alpha value is -1.59. The third-order valence-electron chi connectivity index (χ3n) is 3.85. The van der Waals surface area contributed by atoms with Gasteiger partial charge in [-0.3, -0.25) is 9.69 Å². The number of carboxylic acid groups (broad SMARTS) is 1. The third-order valence-corrected chi connectivity index (χ3v) is 3.85. The molecule has 0 saturated heterocycles. The lowest BCUT2D eigenvalue weighted by molar-refractivity contribution is -0.143. The van der Waals surface area contributed by atoms with Crippen LogP contribution in [0.15, 0.2) is 0 Å². The van der Waals surface area contributed by atoms with Crippen molar-refractivity contribution < 1.29 is 9.90 Å². The Morgan fingerprint density at radius 2 is 1.41 bits per heavy atom. The van der Waals surface area contributed by atoms with E-state index in [1.165, 1.54) is 43.4 Å². The van der Waals surface area contributed by atoms with Crippen LogP contribution in [0.3, 0.4) is 0 Å². The lowest BCUT2D eigenvalue weighted by Gasteiger charge is -2.23. The van der Waals surface area contributed by atoms with E-state index >= 15 is 0 Å². The normalized spacial score (nSPS) is 11.8. The number of hydrogen-bond donors (Lipinski definition) is 1. The van der Waals surface area contributed by atoms with Gasteiger partial charge in [0.1, 0.15) is 6.04 Å². The van der Waals surface area contributed by atoms with E-state index in [1.54, 1.807) is 0 Å². The molecule has 0 heterocycles. The van der Waals surface area contributed by atoms with E-state index in [2.05, 4.69) is 6.92 Å². The van der Waals surface area contributed by atoms with Gasteiger partial charge in [-0.05, 0) is 6.42 Å². The van der Waals surface area contributed by atoms with Crippen LogP contribution in [0.4, 0.5) is 0 Å². The molecule has 0 aliphatic heterocycles. The second-order valence-corrected chi connectivity index (χ2v) is 5.69. The summed E-state index contributed by atoms with van der Waals surface area (Å²) >= 11 is 0. The summed E-state index contributed by atoms with van der Waals surface area (Å²) in [4.78, 5) is 12.7. The van der Waals surface area contributed by atoms with Gasteiger partial charge in [-0.25, -0.2) is 0 Å². The highest BCUT2D eigenvalue weighted by molar-refractivity contribution is 5.73. The van der Waals surface area contributed by atoms with Crippen LogP contribution in [0.5, 0.6) is 0 Å². The largest absolute Gasteiger partial charge is 0.480 e. The highest BCUT2D eigenvalue weighted by atomic mass is 16.4. The maximum atomic E-state index is 11.3. The number of aliphatic carboxylic acids is 1. The van der Waals surface area contributed by atoms with Gasteiger partial charge >= 0.3 is 5.97 Å². The van der Waals surface area contributed by atoms with Gasteiger partial charge in [0.2, 0.25) is 0 Å². The number of rotatable bonds is 14. The minimum absolute atomic E-state index is 0.0119. The Bertz CT molecular complexity index is 355. The molecule has 0 aliphatic rings. The fourth-order valence-corrected chi connectivity index (χ4v) is 2.57. The standard InChI is InChI=1S/C17H29N3O2/c1-2-3-4-5-6-7-8-9-10-11-16(17(21)22)20(14-12-18)15-13-19/h16H,2-11,14-15H2,1H3,(H,21,22). The summed E-state index contributed by atoms with van der Waals surface area (Å²) in [6.07, 6.45) is 11.1. The molecule has 0 spiro atoms. The summed E-state index contributed by atoms with van der Waals surface area (Å²) in [6, 6.07) is 3.15. The predicted molar refractivity (Wildman–Crippen MR) is 86.1 cm³/mol. The second-order valence-electron chi connectivity index (χ2n) is 5.69. The summed E-state index contributed by atoms with van der Waals surface area (Å²) in [5.74, 6) is -0.940. The molecule has 0 aromatic heterocycles. The maximum Gasteiger partial charge on any atom is 0.320 e. The molecule has 0 radical (unpaired) electrons. The fraction of sp³-hybridized carbons (Fsp3) is 0.824. The molecule has 5 nitrogen and oxygen atoms in total. The van der Waals surface area contributed by atoms with Crippen molar-refractivity contribution in [3.05, 3.63) is 0 Å². The van der Waals surface area contributed by atoms with Gasteiger partial charge in [0.15, 0.2) is 0 Å². The molecule has 0 bridgehead atoms. The van der Waals surface area contributed by atoms with Crippen molar-refractivity contribution in [2.45, 2.75) is 77.2 Å². The van der Waals surface area contributed by atoms with E-state index in [4.69, 9.17) is 10.5 Å². The number of nitriles is 2. The van der Waals surface area contributed by atoms with Crippen LogP contribution in [-0.4, -0.2) is 35.1 Å².